The van der Waals surface area contributed by atoms with E-state index in [4.69, 9.17) is 0 Å². The molecule has 1 N–H and O–H groups in total. The van der Waals surface area contributed by atoms with E-state index in [0.29, 0.717) is 36.5 Å². The number of nitrogens with one attached hydrogen (secondary N) is 1. The number of H-pyrrole nitrogens is 1. The molecule has 0 unspecified atom stereocenters. The number of aromatic nitrogens is 5. The van der Waals surface area contributed by atoms with Crippen LogP contribution in [0.15, 0.2) is 24.7 Å². The van der Waals surface area contributed by atoms with Crippen LogP contribution in [0.4, 0.5) is 19.0 Å². The normalized spacial score (nSPS) is 18.2. The summed E-state index contributed by atoms with van der Waals surface area (Å²) in [6.45, 7) is 0.479. The summed E-state index contributed by atoms with van der Waals surface area (Å²) in [6.07, 6.45) is 1.90. The number of fused-ring (bicyclic) bond motifs is 1. The van der Waals surface area contributed by atoms with E-state index in [0.717, 1.165) is 10.9 Å². The minimum atomic E-state index is -2.46. The topological polar surface area (TPSA) is 62.6 Å². The van der Waals surface area contributed by atoms with Crippen LogP contribution in [0.2, 0.25) is 0 Å². The first-order valence-electron chi connectivity index (χ1n) is 7.64. The number of rotatable bonds is 4. The SMILES string of the molecule is FC(F)Cn1cc(-c2cnc3[nH]nc(N4CC[C@H](F)C4)c3c2)cn1. The van der Waals surface area contributed by atoms with Crippen molar-refractivity contribution in [3.8, 4) is 11.1 Å². The van der Waals surface area contributed by atoms with Gasteiger partial charge in [0.1, 0.15) is 12.7 Å². The molecule has 3 aromatic rings. The lowest BCUT2D eigenvalue weighted by molar-refractivity contribution is 0.122. The third kappa shape index (κ3) is 2.70. The highest BCUT2D eigenvalue weighted by Gasteiger charge is 2.25. The molecule has 1 aliphatic rings. The van der Waals surface area contributed by atoms with Crippen molar-refractivity contribution in [2.24, 2.45) is 0 Å². The van der Waals surface area contributed by atoms with Gasteiger partial charge >= 0.3 is 0 Å². The number of pyridine rings is 1. The standard InChI is InChI=1S/C15H15F3N6/c16-11-1-2-23(7-11)15-12-3-9(4-19-14(12)21-22-15)10-5-20-24(6-10)8-13(17)18/h3-6,11,13H,1-2,7-8H2,(H,19,21,22)/t11-/m0/s1. The van der Waals surface area contributed by atoms with Crippen molar-refractivity contribution < 1.29 is 13.2 Å². The second kappa shape index (κ2) is 5.81. The first-order chi connectivity index (χ1) is 11.6. The maximum atomic E-state index is 13.4. The zero-order valence-corrected chi connectivity index (χ0v) is 12.7. The van der Waals surface area contributed by atoms with Crippen molar-refractivity contribution in [3.05, 3.63) is 24.7 Å². The molecule has 0 bridgehead atoms. The van der Waals surface area contributed by atoms with Gasteiger partial charge < -0.3 is 4.90 Å². The van der Waals surface area contributed by atoms with E-state index in [9.17, 15) is 13.2 Å². The Hall–Kier alpha value is -2.58. The fraction of sp³-hybridized carbons (Fsp3) is 0.400. The van der Waals surface area contributed by atoms with Gasteiger partial charge in [-0.1, -0.05) is 0 Å². The van der Waals surface area contributed by atoms with Crippen molar-refractivity contribution in [2.75, 3.05) is 18.0 Å². The molecule has 24 heavy (non-hydrogen) atoms. The van der Waals surface area contributed by atoms with Crippen molar-refractivity contribution in [3.63, 3.8) is 0 Å². The summed E-state index contributed by atoms with van der Waals surface area (Å²) < 4.78 is 39.5. The minimum absolute atomic E-state index is 0.316. The molecule has 9 heteroatoms. The predicted molar refractivity (Wildman–Crippen MR) is 82.8 cm³/mol. The van der Waals surface area contributed by atoms with Gasteiger partial charge in [0.25, 0.3) is 6.43 Å². The van der Waals surface area contributed by atoms with E-state index in [1.807, 2.05) is 11.0 Å². The molecular weight excluding hydrogens is 321 g/mol. The first kappa shape index (κ1) is 15.0. The van der Waals surface area contributed by atoms with Crippen LogP contribution in [0, 0.1) is 0 Å². The minimum Gasteiger partial charge on any atom is -0.352 e. The van der Waals surface area contributed by atoms with Gasteiger partial charge in [-0.05, 0) is 12.5 Å². The fourth-order valence-electron chi connectivity index (χ4n) is 2.95. The molecule has 4 heterocycles. The zero-order chi connectivity index (χ0) is 16.7. The summed E-state index contributed by atoms with van der Waals surface area (Å²) in [4.78, 5) is 6.20. The number of aromatic amines is 1. The number of hydrogen-bond acceptors (Lipinski definition) is 4. The van der Waals surface area contributed by atoms with Gasteiger partial charge in [0.2, 0.25) is 0 Å². The number of hydrogen-bond donors (Lipinski definition) is 1. The van der Waals surface area contributed by atoms with Gasteiger partial charge in [-0.2, -0.15) is 10.2 Å². The van der Waals surface area contributed by atoms with E-state index in [-0.39, 0.29) is 0 Å². The van der Waals surface area contributed by atoms with E-state index in [1.165, 1.54) is 10.9 Å². The Balaban J connectivity index is 1.68. The van der Waals surface area contributed by atoms with Crippen LogP contribution >= 0.6 is 0 Å². The molecule has 4 rings (SSSR count). The number of nitrogens with zero attached hydrogens (tertiary/aromatic N) is 5. The lowest BCUT2D eigenvalue weighted by atomic mass is 10.1. The molecule has 1 saturated heterocycles. The van der Waals surface area contributed by atoms with Gasteiger partial charge in [-0.25, -0.2) is 18.2 Å². The molecule has 1 aliphatic heterocycles. The summed E-state index contributed by atoms with van der Waals surface area (Å²) in [5.41, 5.74) is 2.06. The van der Waals surface area contributed by atoms with Crippen LogP contribution in [0.25, 0.3) is 22.2 Å². The van der Waals surface area contributed by atoms with E-state index < -0.39 is 19.1 Å². The molecule has 126 valence electrons. The Morgan fingerprint density at radius 3 is 2.92 bits per heavy atom. The molecular formula is C15H15F3N6. The number of alkyl halides is 3. The number of anilines is 1. The highest BCUT2D eigenvalue weighted by molar-refractivity contribution is 5.90. The van der Waals surface area contributed by atoms with Gasteiger partial charge in [0.05, 0.1) is 18.1 Å². The number of halogens is 3. The van der Waals surface area contributed by atoms with Crippen LogP contribution in [0.5, 0.6) is 0 Å². The van der Waals surface area contributed by atoms with Crippen LogP contribution in [-0.2, 0) is 6.54 Å². The van der Waals surface area contributed by atoms with E-state index in [1.54, 1.807) is 12.4 Å². The largest absolute Gasteiger partial charge is 0.352 e. The van der Waals surface area contributed by atoms with Crippen molar-refractivity contribution in [2.45, 2.75) is 25.6 Å². The lowest BCUT2D eigenvalue weighted by Gasteiger charge is -2.14. The maximum absolute atomic E-state index is 13.4. The average molecular weight is 336 g/mol. The molecule has 0 saturated carbocycles. The zero-order valence-electron chi connectivity index (χ0n) is 12.7. The third-order valence-electron chi connectivity index (χ3n) is 4.12. The quantitative estimate of drug-likeness (QED) is 0.796. The molecule has 0 aromatic carbocycles. The Bertz CT molecular complexity index is 858. The van der Waals surface area contributed by atoms with Crippen LogP contribution in [0.3, 0.4) is 0 Å². The van der Waals surface area contributed by atoms with Crippen molar-refractivity contribution in [1.29, 1.82) is 0 Å². The average Bonchev–Trinajstić information content (AvgIpc) is 3.25. The molecule has 0 aliphatic carbocycles. The first-order valence-corrected chi connectivity index (χ1v) is 7.64. The van der Waals surface area contributed by atoms with E-state index >= 15 is 0 Å². The van der Waals surface area contributed by atoms with Crippen LogP contribution in [-0.4, -0.2) is 50.6 Å². The summed E-state index contributed by atoms with van der Waals surface area (Å²) >= 11 is 0. The fourth-order valence-corrected chi connectivity index (χ4v) is 2.95. The highest BCUT2D eigenvalue weighted by Crippen LogP contribution is 2.30. The summed E-state index contributed by atoms with van der Waals surface area (Å²) in [5.74, 6) is 0.666. The second-order valence-corrected chi connectivity index (χ2v) is 5.84. The Morgan fingerprint density at radius 1 is 1.29 bits per heavy atom. The Labute approximate surface area is 135 Å². The molecule has 0 radical (unpaired) electrons. The smallest absolute Gasteiger partial charge is 0.257 e. The van der Waals surface area contributed by atoms with E-state index in [2.05, 4.69) is 20.3 Å². The Morgan fingerprint density at radius 2 is 2.17 bits per heavy atom. The lowest BCUT2D eigenvalue weighted by Crippen LogP contribution is -2.20. The van der Waals surface area contributed by atoms with Crippen molar-refractivity contribution in [1.82, 2.24) is 25.0 Å². The van der Waals surface area contributed by atoms with Crippen LogP contribution < -0.4 is 4.90 Å². The molecule has 0 spiro atoms. The highest BCUT2D eigenvalue weighted by atomic mass is 19.3. The van der Waals surface area contributed by atoms with Crippen LogP contribution in [0.1, 0.15) is 6.42 Å². The van der Waals surface area contributed by atoms with Gasteiger partial charge in [-0.15, -0.1) is 0 Å². The molecule has 0 amide bonds. The predicted octanol–water partition coefficient (Wildman–Crippen LogP) is 2.63. The van der Waals surface area contributed by atoms with Gasteiger partial charge in [0.15, 0.2) is 11.5 Å². The maximum Gasteiger partial charge on any atom is 0.257 e. The molecule has 1 fully saturated rings. The monoisotopic (exact) mass is 336 g/mol. The summed E-state index contributed by atoms with van der Waals surface area (Å²) in [6, 6.07) is 1.87. The molecule has 3 aromatic heterocycles. The summed E-state index contributed by atoms with van der Waals surface area (Å²) in [5, 5.41) is 11.8. The van der Waals surface area contributed by atoms with Gasteiger partial charge in [-0.3, -0.25) is 9.78 Å². The molecule has 1 atom stereocenters. The van der Waals surface area contributed by atoms with Crippen molar-refractivity contribution >= 4 is 16.9 Å². The van der Waals surface area contributed by atoms with Gasteiger partial charge in [0, 0.05) is 30.1 Å². The Kier molecular flexibility index (Phi) is 3.62. The third-order valence-corrected chi connectivity index (χ3v) is 4.12. The summed E-state index contributed by atoms with van der Waals surface area (Å²) in [7, 11) is 0. The second-order valence-electron chi connectivity index (χ2n) is 5.84. The molecule has 6 nitrogen and oxygen atoms in total.